The molecule has 0 spiro atoms. The van der Waals surface area contributed by atoms with Crippen molar-refractivity contribution < 1.29 is 9.26 Å². The molecular formula is C12H19ClN2O2. The average Bonchev–Trinajstić information content (AvgIpc) is 2.70. The maximum absolute atomic E-state index is 5.94. The van der Waals surface area contributed by atoms with Gasteiger partial charge >= 0.3 is 0 Å². The van der Waals surface area contributed by atoms with Gasteiger partial charge in [-0.2, -0.15) is 4.98 Å². The Bertz CT molecular complexity index is 357. The van der Waals surface area contributed by atoms with Crippen molar-refractivity contribution in [3.05, 3.63) is 11.7 Å². The van der Waals surface area contributed by atoms with E-state index in [0.717, 1.165) is 25.7 Å². The number of methoxy groups -OCH3 is 1. The number of halogens is 1. The summed E-state index contributed by atoms with van der Waals surface area (Å²) >= 11 is 5.94. The summed E-state index contributed by atoms with van der Waals surface area (Å²) in [5.74, 6) is 1.13. The minimum absolute atomic E-state index is 0.254. The number of hydrogen-bond acceptors (Lipinski definition) is 4. The van der Waals surface area contributed by atoms with Crippen LogP contribution in [0.4, 0.5) is 0 Å². The van der Waals surface area contributed by atoms with Gasteiger partial charge in [0.1, 0.15) is 11.0 Å². The number of rotatable bonds is 3. The van der Waals surface area contributed by atoms with Crippen LogP contribution in [0.2, 0.25) is 0 Å². The molecule has 1 fully saturated rings. The molecule has 1 aromatic rings. The topological polar surface area (TPSA) is 48.2 Å². The Morgan fingerprint density at radius 3 is 2.41 bits per heavy atom. The Hall–Kier alpha value is -0.610. The lowest BCUT2D eigenvalue weighted by molar-refractivity contribution is -0.0365. The smallest absolute Gasteiger partial charge is 0.244 e. The summed E-state index contributed by atoms with van der Waals surface area (Å²) in [4.78, 5) is 4.38. The summed E-state index contributed by atoms with van der Waals surface area (Å²) in [5, 5.41) is 3.80. The molecule has 0 aromatic carbocycles. The Balaban J connectivity index is 2.25. The van der Waals surface area contributed by atoms with Crippen LogP contribution in [-0.2, 0) is 10.3 Å². The SMILES string of the molecule is COC1(c2noc(C(C)Cl)n2)CCCCCC1. The summed E-state index contributed by atoms with van der Waals surface area (Å²) in [7, 11) is 1.73. The van der Waals surface area contributed by atoms with Crippen LogP contribution in [-0.4, -0.2) is 17.3 Å². The predicted octanol–water partition coefficient (Wildman–Crippen LogP) is 3.57. The zero-order valence-electron chi connectivity index (χ0n) is 10.4. The van der Waals surface area contributed by atoms with E-state index < -0.39 is 0 Å². The summed E-state index contributed by atoms with van der Waals surface area (Å²) in [6.45, 7) is 1.82. The lowest BCUT2D eigenvalue weighted by Crippen LogP contribution is -2.29. The fourth-order valence-electron chi connectivity index (χ4n) is 2.40. The highest BCUT2D eigenvalue weighted by Gasteiger charge is 2.37. The molecule has 0 radical (unpaired) electrons. The molecule has 96 valence electrons. The quantitative estimate of drug-likeness (QED) is 0.614. The fraction of sp³-hybridized carbons (Fsp3) is 0.833. The Morgan fingerprint density at radius 2 is 1.94 bits per heavy atom. The lowest BCUT2D eigenvalue weighted by atomic mass is 9.93. The average molecular weight is 259 g/mol. The monoisotopic (exact) mass is 258 g/mol. The van der Waals surface area contributed by atoms with Gasteiger partial charge in [0.2, 0.25) is 11.7 Å². The predicted molar refractivity (Wildman–Crippen MR) is 65.0 cm³/mol. The van der Waals surface area contributed by atoms with E-state index in [1.807, 2.05) is 6.92 Å². The maximum Gasteiger partial charge on any atom is 0.244 e. The van der Waals surface area contributed by atoms with E-state index in [9.17, 15) is 0 Å². The molecule has 1 saturated carbocycles. The number of aromatic nitrogens is 2. The van der Waals surface area contributed by atoms with Gasteiger partial charge in [0.25, 0.3) is 0 Å². The third-order valence-corrected chi connectivity index (χ3v) is 3.68. The summed E-state index contributed by atoms with van der Waals surface area (Å²) in [6, 6.07) is 0. The van der Waals surface area contributed by atoms with E-state index in [4.69, 9.17) is 20.9 Å². The molecule has 0 N–H and O–H groups in total. The summed E-state index contributed by atoms with van der Waals surface area (Å²) in [5.41, 5.74) is -0.371. The van der Waals surface area contributed by atoms with Gasteiger partial charge in [-0.05, 0) is 19.8 Å². The second-order valence-corrected chi connectivity index (χ2v) is 5.34. The van der Waals surface area contributed by atoms with Crippen molar-refractivity contribution >= 4 is 11.6 Å². The van der Waals surface area contributed by atoms with Crippen molar-refractivity contribution in [1.82, 2.24) is 10.1 Å². The van der Waals surface area contributed by atoms with Crippen molar-refractivity contribution in [2.75, 3.05) is 7.11 Å². The minimum atomic E-state index is -0.371. The second-order valence-electron chi connectivity index (χ2n) is 4.68. The Kier molecular flexibility index (Phi) is 4.05. The lowest BCUT2D eigenvalue weighted by Gasteiger charge is -2.27. The molecule has 1 aromatic heterocycles. The minimum Gasteiger partial charge on any atom is -0.370 e. The van der Waals surface area contributed by atoms with Crippen molar-refractivity contribution in [3.63, 3.8) is 0 Å². The van der Waals surface area contributed by atoms with Gasteiger partial charge in [-0.3, -0.25) is 0 Å². The number of hydrogen-bond donors (Lipinski definition) is 0. The van der Waals surface area contributed by atoms with Gasteiger partial charge in [-0.15, -0.1) is 11.6 Å². The first-order chi connectivity index (χ1) is 8.18. The molecule has 2 rings (SSSR count). The third kappa shape index (κ3) is 2.63. The van der Waals surface area contributed by atoms with Gasteiger partial charge in [-0.25, -0.2) is 0 Å². The number of ether oxygens (including phenoxy) is 1. The largest absolute Gasteiger partial charge is 0.370 e. The first kappa shape index (κ1) is 12.8. The van der Waals surface area contributed by atoms with Gasteiger partial charge in [-0.1, -0.05) is 30.8 Å². The van der Waals surface area contributed by atoms with Crippen molar-refractivity contribution in [1.29, 1.82) is 0 Å². The van der Waals surface area contributed by atoms with Crippen LogP contribution < -0.4 is 0 Å². The summed E-state index contributed by atoms with van der Waals surface area (Å²) in [6.07, 6.45) is 6.71. The van der Waals surface area contributed by atoms with Crippen LogP contribution in [0.25, 0.3) is 0 Å². The van der Waals surface area contributed by atoms with E-state index in [0.29, 0.717) is 11.7 Å². The van der Waals surface area contributed by atoms with Gasteiger partial charge in [0.05, 0.1) is 0 Å². The molecule has 5 heteroatoms. The zero-order valence-corrected chi connectivity index (χ0v) is 11.2. The van der Waals surface area contributed by atoms with Crippen molar-refractivity contribution in [3.8, 4) is 0 Å². The Morgan fingerprint density at radius 1 is 1.29 bits per heavy atom. The highest BCUT2D eigenvalue weighted by Crippen LogP contribution is 2.37. The van der Waals surface area contributed by atoms with Crippen molar-refractivity contribution in [2.24, 2.45) is 0 Å². The van der Waals surface area contributed by atoms with Crippen LogP contribution in [0.15, 0.2) is 4.52 Å². The highest BCUT2D eigenvalue weighted by atomic mass is 35.5. The normalized spacial score (nSPS) is 22.1. The molecule has 0 aliphatic heterocycles. The van der Waals surface area contributed by atoms with E-state index in [-0.39, 0.29) is 11.0 Å². The van der Waals surface area contributed by atoms with Crippen LogP contribution in [0.1, 0.15) is 62.5 Å². The van der Waals surface area contributed by atoms with Crippen LogP contribution in [0.5, 0.6) is 0 Å². The summed E-state index contributed by atoms with van der Waals surface area (Å²) < 4.78 is 10.9. The van der Waals surface area contributed by atoms with Crippen LogP contribution in [0.3, 0.4) is 0 Å². The molecule has 1 heterocycles. The van der Waals surface area contributed by atoms with Gasteiger partial charge in [0, 0.05) is 7.11 Å². The molecule has 1 unspecified atom stereocenters. The standard InChI is InChI=1S/C12H19ClN2O2/c1-9(13)10-14-11(15-17-10)12(16-2)7-5-3-4-6-8-12/h9H,3-8H2,1-2H3. The van der Waals surface area contributed by atoms with E-state index >= 15 is 0 Å². The van der Waals surface area contributed by atoms with Gasteiger partial charge in [0.15, 0.2) is 0 Å². The number of alkyl halides is 1. The molecule has 17 heavy (non-hydrogen) atoms. The highest BCUT2D eigenvalue weighted by molar-refractivity contribution is 6.20. The van der Waals surface area contributed by atoms with Gasteiger partial charge < -0.3 is 9.26 Å². The zero-order chi connectivity index (χ0) is 12.3. The first-order valence-electron chi connectivity index (χ1n) is 6.21. The molecule has 4 nitrogen and oxygen atoms in total. The molecule has 0 bridgehead atoms. The third-order valence-electron chi connectivity index (χ3n) is 3.49. The molecule has 1 atom stereocenters. The molecule has 1 aliphatic carbocycles. The van der Waals surface area contributed by atoms with Crippen LogP contribution >= 0.6 is 11.6 Å². The second kappa shape index (κ2) is 5.36. The van der Waals surface area contributed by atoms with E-state index in [1.165, 1.54) is 12.8 Å². The molecule has 0 amide bonds. The number of nitrogens with zero attached hydrogens (tertiary/aromatic N) is 2. The Labute approximate surface area is 107 Å². The molecular weight excluding hydrogens is 240 g/mol. The van der Waals surface area contributed by atoms with E-state index in [1.54, 1.807) is 7.11 Å². The van der Waals surface area contributed by atoms with E-state index in [2.05, 4.69) is 10.1 Å². The van der Waals surface area contributed by atoms with Crippen molar-refractivity contribution in [2.45, 2.75) is 56.4 Å². The molecule has 1 aliphatic rings. The maximum atomic E-state index is 5.94. The van der Waals surface area contributed by atoms with Crippen LogP contribution in [0, 0.1) is 0 Å². The fourth-order valence-corrected chi connectivity index (χ4v) is 2.49. The first-order valence-corrected chi connectivity index (χ1v) is 6.65. The molecule has 0 saturated heterocycles.